The first-order valence-electron chi connectivity index (χ1n) is 7.36. The molecule has 2 aliphatic heterocycles. The molecule has 0 N–H and O–H groups in total. The van der Waals surface area contributed by atoms with Crippen LogP contribution in [0.15, 0.2) is 29.0 Å². The maximum atomic E-state index is 12.8. The number of carbonyl (C=O) groups is 1. The van der Waals surface area contributed by atoms with E-state index in [0.717, 1.165) is 25.1 Å². The van der Waals surface area contributed by atoms with Gasteiger partial charge in [0, 0.05) is 6.54 Å². The third-order valence-electron chi connectivity index (χ3n) is 3.94. The van der Waals surface area contributed by atoms with E-state index >= 15 is 0 Å². The van der Waals surface area contributed by atoms with Crippen LogP contribution in [0.25, 0.3) is 0 Å². The van der Waals surface area contributed by atoms with Gasteiger partial charge in [-0.25, -0.2) is 4.98 Å². The minimum atomic E-state index is -0.425. The summed E-state index contributed by atoms with van der Waals surface area (Å²) >= 11 is 1.34. The van der Waals surface area contributed by atoms with Gasteiger partial charge in [0.1, 0.15) is 15.6 Å². The fourth-order valence-electron chi connectivity index (χ4n) is 2.92. The molecule has 6 nitrogen and oxygen atoms in total. The van der Waals surface area contributed by atoms with Crippen molar-refractivity contribution in [2.45, 2.75) is 25.2 Å². The van der Waals surface area contributed by atoms with Crippen LogP contribution in [0, 0.1) is 0 Å². The molecule has 0 spiro atoms. The largest absolute Gasteiger partial charge is 0.467 e. The van der Waals surface area contributed by atoms with Crippen molar-refractivity contribution in [1.29, 1.82) is 0 Å². The Kier molecular flexibility index (Phi) is 3.69. The Hall–Kier alpha value is -1.70. The summed E-state index contributed by atoms with van der Waals surface area (Å²) in [5.74, 6) is 0.846. The minimum absolute atomic E-state index is 0.000599. The molecule has 0 aliphatic carbocycles. The van der Waals surface area contributed by atoms with E-state index in [-0.39, 0.29) is 11.9 Å². The molecule has 2 aromatic heterocycles. The second-order valence-electron chi connectivity index (χ2n) is 5.31. The molecular weight excluding hydrogens is 304 g/mol. The first-order valence-corrected chi connectivity index (χ1v) is 8.18. The lowest BCUT2D eigenvalue weighted by Crippen LogP contribution is -2.29. The molecule has 0 aromatic carbocycles. The molecule has 4 heterocycles. The van der Waals surface area contributed by atoms with E-state index in [0.29, 0.717) is 23.1 Å². The van der Waals surface area contributed by atoms with Crippen LogP contribution in [0.3, 0.4) is 0 Å². The Morgan fingerprint density at radius 1 is 1.36 bits per heavy atom. The predicted octanol–water partition coefficient (Wildman–Crippen LogP) is 2.76. The van der Waals surface area contributed by atoms with E-state index in [9.17, 15) is 4.79 Å². The van der Waals surface area contributed by atoms with E-state index < -0.39 is 6.29 Å². The standard InChI is InChI=1S/C15H16N2O4S/c18-14(12-9-16-13(22-12)15-20-7-8-21-15)17-5-1-3-10(17)11-4-2-6-19-11/h2,4,6,9-10,15H,1,3,5,7-8H2. The summed E-state index contributed by atoms with van der Waals surface area (Å²) in [4.78, 5) is 19.5. The van der Waals surface area contributed by atoms with Crippen LogP contribution >= 0.6 is 11.3 Å². The van der Waals surface area contributed by atoms with E-state index in [1.807, 2.05) is 17.0 Å². The van der Waals surface area contributed by atoms with Gasteiger partial charge in [0.15, 0.2) is 0 Å². The maximum Gasteiger partial charge on any atom is 0.266 e. The zero-order valence-corrected chi connectivity index (χ0v) is 12.8. The van der Waals surface area contributed by atoms with Crippen molar-refractivity contribution < 1.29 is 18.7 Å². The van der Waals surface area contributed by atoms with Crippen molar-refractivity contribution in [3.63, 3.8) is 0 Å². The van der Waals surface area contributed by atoms with Gasteiger partial charge in [-0.05, 0) is 25.0 Å². The van der Waals surface area contributed by atoms with Gasteiger partial charge < -0.3 is 18.8 Å². The average molecular weight is 320 g/mol. The summed E-state index contributed by atoms with van der Waals surface area (Å²) in [7, 11) is 0. The Morgan fingerprint density at radius 2 is 2.23 bits per heavy atom. The SMILES string of the molecule is O=C(c1cnc(C2OCCO2)s1)N1CCCC1c1ccco1. The molecule has 2 aliphatic rings. The summed E-state index contributed by atoms with van der Waals surface area (Å²) in [5, 5.41) is 0.703. The molecule has 22 heavy (non-hydrogen) atoms. The summed E-state index contributed by atoms with van der Waals surface area (Å²) in [6, 6.07) is 3.80. The summed E-state index contributed by atoms with van der Waals surface area (Å²) in [6.45, 7) is 1.88. The topological polar surface area (TPSA) is 64.8 Å². The number of thiazole rings is 1. The Bertz CT molecular complexity index is 648. The molecule has 0 bridgehead atoms. The van der Waals surface area contributed by atoms with Crippen molar-refractivity contribution >= 4 is 17.2 Å². The molecule has 2 saturated heterocycles. The molecule has 2 aromatic rings. The number of nitrogens with zero attached hydrogens (tertiary/aromatic N) is 2. The third kappa shape index (κ3) is 2.45. The third-order valence-corrected chi connectivity index (χ3v) is 4.95. The monoisotopic (exact) mass is 320 g/mol. The van der Waals surface area contributed by atoms with Crippen LogP contribution in [0.1, 0.15) is 45.6 Å². The van der Waals surface area contributed by atoms with Crippen molar-refractivity contribution in [2.75, 3.05) is 19.8 Å². The van der Waals surface area contributed by atoms with Gasteiger partial charge in [0.05, 0.1) is 31.7 Å². The maximum absolute atomic E-state index is 12.8. The fraction of sp³-hybridized carbons (Fsp3) is 0.467. The Balaban J connectivity index is 1.53. The van der Waals surface area contributed by atoms with Crippen LogP contribution < -0.4 is 0 Å². The Labute approximate surface area is 131 Å². The number of ether oxygens (including phenoxy) is 2. The van der Waals surface area contributed by atoms with Crippen LogP contribution in [-0.2, 0) is 9.47 Å². The number of carbonyl (C=O) groups excluding carboxylic acids is 1. The van der Waals surface area contributed by atoms with Crippen molar-refractivity contribution in [2.24, 2.45) is 0 Å². The molecule has 116 valence electrons. The van der Waals surface area contributed by atoms with E-state index in [1.165, 1.54) is 11.3 Å². The molecule has 4 rings (SSSR count). The number of furan rings is 1. The fourth-order valence-corrected chi connectivity index (χ4v) is 3.80. The van der Waals surface area contributed by atoms with E-state index in [4.69, 9.17) is 13.9 Å². The van der Waals surface area contributed by atoms with Crippen LogP contribution in [0.2, 0.25) is 0 Å². The quantitative estimate of drug-likeness (QED) is 0.870. The first kappa shape index (κ1) is 13.9. The minimum Gasteiger partial charge on any atom is -0.467 e. The number of rotatable bonds is 3. The highest BCUT2D eigenvalue weighted by Gasteiger charge is 2.33. The number of likely N-dealkylation sites (tertiary alicyclic amines) is 1. The zero-order chi connectivity index (χ0) is 14.9. The molecule has 1 amide bonds. The smallest absolute Gasteiger partial charge is 0.266 e. The van der Waals surface area contributed by atoms with Crippen molar-refractivity contribution in [3.05, 3.63) is 40.2 Å². The highest BCUT2D eigenvalue weighted by atomic mass is 32.1. The number of hydrogen-bond donors (Lipinski definition) is 0. The number of hydrogen-bond acceptors (Lipinski definition) is 6. The highest BCUT2D eigenvalue weighted by Crippen LogP contribution is 2.35. The van der Waals surface area contributed by atoms with Crippen molar-refractivity contribution in [3.8, 4) is 0 Å². The number of amides is 1. The van der Waals surface area contributed by atoms with Crippen LogP contribution in [-0.4, -0.2) is 35.5 Å². The summed E-state index contributed by atoms with van der Waals surface area (Å²) in [5.41, 5.74) is 0. The van der Waals surface area contributed by atoms with Gasteiger partial charge >= 0.3 is 0 Å². The molecule has 0 radical (unpaired) electrons. The van der Waals surface area contributed by atoms with Gasteiger partial charge in [-0.15, -0.1) is 11.3 Å². The second kappa shape index (κ2) is 5.83. The number of aromatic nitrogens is 1. The predicted molar refractivity (Wildman–Crippen MR) is 78.5 cm³/mol. The molecule has 1 atom stereocenters. The first-order chi connectivity index (χ1) is 10.8. The molecule has 0 saturated carbocycles. The normalized spacial score (nSPS) is 22.5. The summed E-state index contributed by atoms with van der Waals surface area (Å²) < 4.78 is 16.3. The lowest BCUT2D eigenvalue weighted by Gasteiger charge is -2.22. The van der Waals surface area contributed by atoms with Gasteiger partial charge in [0.25, 0.3) is 5.91 Å². The second-order valence-corrected chi connectivity index (χ2v) is 6.37. The average Bonchev–Trinajstić information content (AvgIpc) is 3.35. The molecular formula is C15H16N2O4S. The van der Waals surface area contributed by atoms with E-state index in [2.05, 4.69) is 4.98 Å². The lowest BCUT2D eigenvalue weighted by atomic mass is 10.1. The van der Waals surface area contributed by atoms with Gasteiger partial charge in [-0.2, -0.15) is 0 Å². The lowest BCUT2D eigenvalue weighted by molar-refractivity contribution is -0.0442. The van der Waals surface area contributed by atoms with Gasteiger partial charge in [-0.1, -0.05) is 0 Å². The zero-order valence-electron chi connectivity index (χ0n) is 11.9. The van der Waals surface area contributed by atoms with E-state index in [1.54, 1.807) is 12.5 Å². The van der Waals surface area contributed by atoms with Gasteiger partial charge in [0.2, 0.25) is 6.29 Å². The molecule has 1 unspecified atom stereocenters. The Morgan fingerprint density at radius 3 is 3.00 bits per heavy atom. The van der Waals surface area contributed by atoms with Crippen LogP contribution in [0.4, 0.5) is 0 Å². The van der Waals surface area contributed by atoms with Crippen LogP contribution in [0.5, 0.6) is 0 Å². The van der Waals surface area contributed by atoms with Crippen molar-refractivity contribution in [1.82, 2.24) is 9.88 Å². The summed E-state index contributed by atoms with van der Waals surface area (Å²) in [6.07, 6.45) is 4.75. The molecule has 7 heteroatoms. The molecule has 2 fully saturated rings. The highest BCUT2D eigenvalue weighted by molar-refractivity contribution is 7.13. The van der Waals surface area contributed by atoms with Gasteiger partial charge in [-0.3, -0.25) is 4.79 Å².